The molecule has 0 spiro atoms. The fourth-order valence-electron chi connectivity index (χ4n) is 2.60. The molecule has 1 aliphatic rings. The van der Waals surface area contributed by atoms with Crippen LogP contribution in [0.25, 0.3) is 0 Å². The van der Waals surface area contributed by atoms with Gasteiger partial charge in [-0.15, -0.1) is 0 Å². The lowest BCUT2D eigenvalue weighted by molar-refractivity contribution is 0.193. The Morgan fingerprint density at radius 3 is 3.00 bits per heavy atom. The number of nitrogen functional groups attached to an aromatic ring is 1. The van der Waals surface area contributed by atoms with Crippen LogP contribution in [-0.4, -0.2) is 41.4 Å². The molecule has 2 aromatic heterocycles. The second-order valence-electron chi connectivity index (χ2n) is 5.29. The van der Waals surface area contributed by atoms with Crippen molar-refractivity contribution in [3.63, 3.8) is 0 Å². The first-order chi connectivity index (χ1) is 10.8. The molecule has 0 bridgehead atoms. The first-order valence-electron chi connectivity index (χ1n) is 7.36. The predicted octanol–water partition coefficient (Wildman–Crippen LogP) is 1.15. The van der Waals surface area contributed by atoms with E-state index in [1.165, 1.54) is 0 Å². The topological polar surface area (TPSA) is 97.6 Å². The highest BCUT2D eigenvalue weighted by Gasteiger charge is 2.22. The van der Waals surface area contributed by atoms with Gasteiger partial charge in [-0.05, 0) is 18.6 Å². The van der Waals surface area contributed by atoms with E-state index < -0.39 is 0 Å². The second-order valence-corrected chi connectivity index (χ2v) is 5.29. The van der Waals surface area contributed by atoms with Gasteiger partial charge in [0.1, 0.15) is 11.6 Å². The Bertz CT molecular complexity index is 597. The summed E-state index contributed by atoms with van der Waals surface area (Å²) in [5.74, 6) is 1.99. The summed E-state index contributed by atoms with van der Waals surface area (Å²) in [5.41, 5.74) is 6.75. The first-order valence-corrected chi connectivity index (χ1v) is 7.36. The molecule has 3 heterocycles. The summed E-state index contributed by atoms with van der Waals surface area (Å²) in [6, 6.07) is 5.65. The number of ether oxygens (including phenoxy) is 1. The average Bonchev–Trinajstić information content (AvgIpc) is 3.20. The van der Waals surface area contributed by atoms with Gasteiger partial charge in [-0.3, -0.25) is 0 Å². The van der Waals surface area contributed by atoms with E-state index in [9.17, 15) is 5.11 Å². The van der Waals surface area contributed by atoms with E-state index in [-0.39, 0.29) is 18.5 Å². The summed E-state index contributed by atoms with van der Waals surface area (Å²) < 4.78 is 10.8. The molecule has 0 amide bonds. The lowest BCUT2D eigenvalue weighted by Gasteiger charge is -2.23. The summed E-state index contributed by atoms with van der Waals surface area (Å²) in [6.07, 6.45) is 2.57. The number of aliphatic hydroxyl groups is 1. The first kappa shape index (κ1) is 14.8. The van der Waals surface area contributed by atoms with E-state index >= 15 is 0 Å². The maximum atomic E-state index is 9.31. The Morgan fingerprint density at radius 2 is 2.32 bits per heavy atom. The van der Waals surface area contributed by atoms with Crippen LogP contribution in [0.1, 0.15) is 23.8 Å². The van der Waals surface area contributed by atoms with E-state index in [0.717, 1.165) is 24.5 Å². The molecule has 1 fully saturated rings. The van der Waals surface area contributed by atoms with Crippen LogP contribution in [0, 0.1) is 0 Å². The molecule has 0 aromatic carbocycles. The van der Waals surface area contributed by atoms with E-state index in [0.29, 0.717) is 25.5 Å². The van der Waals surface area contributed by atoms with Gasteiger partial charge >= 0.3 is 0 Å². The fraction of sp³-hybridized carbons (Fsp3) is 0.467. The number of nitrogens with zero attached hydrogens (tertiary/aromatic N) is 3. The molecular formula is C15H20N4O3. The monoisotopic (exact) mass is 304 g/mol. The van der Waals surface area contributed by atoms with E-state index in [1.807, 2.05) is 23.1 Å². The summed E-state index contributed by atoms with van der Waals surface area (Å²) >= 11 is 0. The van der Waals surface area contributed by atoms with Gasteiger partial charge in [0, 0.05) is 25.1 Å². The van der Waals surface area contributed by atoms with Crippen molar-refractivity contribution in [1.29, 1.82) is 0 Å². The SMILES string of the molecule is Nc1nc([C@@H]2CCOC2)cc(N(CCO)Cc2ccco2)n1. The molecule has 3 rings (SSSR count). The molecular weight excluding hydrogens is 284 g/mol. The van der Waals surface area contributed by atoms with Gasteiger partial charge in [0.25, 0.3) is 0 Å². The van der Waals surface area contributed by atoms with E-state index in [2.05, 4.69) is 9.97 Å². The Labute approximate surface area is 128 Å². The van der Waals surface area contributed by atoms with Crippen LogP contribution < -0.4 is 10.6 Å². The minimum atomic E-state index is 0.0203. The van der Waals surface area contributed by atoms with Crippen molar-refractivity contribution in [2.45, 2.75) is 18.9 Å². The zero-order valence-electron chi connectivity index (χ0n) is 12.3. The van der Waals surface area contributed by atoms with Crippen molar-refractivity contribution in [1.82, 2.24) is 9.97 Å². The molecule has 2 aromatic rings. The fourth-order valence-corrected chi connectivity index (χ4v) is 2.60. The summed E-state index contributed by atoms with van der Waals surface area (Å²) in [5, 5.41) is 9.31. The second kappa shape index (κ2) is 6.76. The Kier molecular flexibility index (Phi) is 4.55. The van der Waals surface area contributed by atoms with Crippen LogP contribution in [0.2, 0.25) is 0 Å². The Morgan fingerprint density at radius 1 is 1.41 bits per heavy atom. The molecule has 3 N–H and O–H groups in total. The van der Waals surface area contributed by atoms with Crippen LogP contribution in [-0.2, 0) is 11.3 Å². The molecule has 118 valence electrons. The maximum Gasteiger partial charge on any atom is 0.222 e. The average molecular weight is 304 g/mol. The third-order valence-corrected chi connectivity index (χ3v) is 3.72. The number of aliphatic hydroxyl groups excluding tert-OH is 1. The number of rotatable bonds is 6. The molecule has 1 atom stereocenters. The van der Waals surface area contributed by atoms with Gasteiger partial charge in [-0.1, -0.05) is 0 Å². The molecule has 1 saturated heterocycles. The smallest absolute Gasteiger partial charge is 0.222 e. The van der Waals surface area contributed by atoms with Gasteiger partial charge in [0.15, 0.2) is 0 Å². The summed E-state index contributed by atoms with van der Waals surface area (Å²) in [6.45, 7) is 2.39. The van der Waals surface area contributed by atoms with Crippen molar-refractivity contribution in [2.24, 2.45) is 0 Å². The normalized spacial score (nSPS) is 17.8. The van der Waals surface area contributed by atoms with Crippen LogP contribution >= 0.6 is 0 Å². The molecule has 22 heavy (non-hydrogen) atoms. The number of hydrogen-bond acceptors (Lipinski definition) is 7. The van der Waals surface area contributed by atoms with Crippen LogP contribution in [0.5, 0.6) is 0 Å². The van der Waals surface area contributed by atoms with Crippen molar-refractivity contribution >= 4 is 11.8 Å². The quantitative estimate of drug-likeness (QED) is 0.826. The van der Waals surface area contributed by atoms with Gasteiger partial charge in [-0.25, -0.2) is 4.98 Å². The van der Waals surface area contributed by atoms with Gasteiger partial charge in [-0.2, -0.15) is 4.98 Å². The van der Waals surface area contributed by atoms with Crippen LogP contribution in [0.3, 0.4) is 0 Å². The third-order valence-electron chi connectivity index (χ3n) is 3.72. The number of anilines is 2. The van der Waals surface area contributed by atoms with Crippen LogP contribution in [0.15, 0.2) is 28.9 Å². The molecule has 0 radical (unpaired) electrons. The van der Waals surface area contributed by atoms with Crippen molar-refractivity contribution in [3.05, 3.63) is 35.9 Å². The van der Waals surface area contributed by atoms with Crippen LogP contribution in [0.4, 0.5) is 11.8 Å². The number of nitrogens with two attached hydrogens (primary N) is 1. The van der Waals surface area contributed by atoms with Crippen molar-refractivity contribution < 1.29 is 14.3 Å². The third kappa shape index (κ3) is 3.37. The van der Waals surface area contributed by atoms with Gasteiger partial charge < -0.3 is 24.9 Å². The van der Waals surface area contributed by atoms with E-state index in [4.69, 9.17) is 14.9 Å². The maximum absolute atomic E-state index is 9.31. The Hall–Kier alpha value is -2.12. The molecule has 7 nitrogen and oxygen atoms in total. The Balaban J connectivity index is 1.85. The van der Waals surface area contributed by atoms with Crippen molar-refractivity contribution in [2.75, 3.05) is 37.0 Å². The molecule has 7 heteroatoms. The molecule has 0 aliphatic carbocycles. The summed E-state index contributed by atoms with van der Waals surface area (Å²) in [7, 11) is 0. The zero-order chi connectivity index (χ0) is 15.4. The number of hydrogen-bond donors (Lipinski definition) is 2. The van der Waals surface area contributed by atoms with Crippen molar-refractivity contribution in [3.8, 4) is 0 Å². The highest BCUT2D eigenvalue weighted by atomic mass is 16.5. The minimum absolute atomic E-state index is 0.0203. The highest BCUT2D eigenvalue weighted by molar-refractivity contribution is 5.44. The van der Waals surface area contributed by atoms with Gasteiger partial charge in [0.05, 0.1) is 31.7 Å². The molecule has 0 unspecified atom stereocenters. The highest BCUT2D eigenvalue weighted by Crippen LogP contribution is 2.27. The minimum Gasteiger partial charge on any atom is -0.467 e. The zero-order valence-corrected chi connectivity index (χ0v) is 12.3. The molecule has 1 aliphatic heterocycles. The lowest BCUT2D eigenvalue weighted by atomic mass is 10.0. The standard InChI is InChI=1S/C15H20N4O3/c16-15-17-13(11-3-7-21-10-11)8-14(18-15)19(4-5-20)9-12-2-1-6-22-12/h1-2,6,8,11,20H,3-5,7,9-10H2,(H2,16,17,18)/t11-/m1/s1. The largest absolute Gasteiger partial charge is 0.467 e. The number of furan rings is 1. The summed E-state index contributed by atoms with van der Waals surface area (Å²) in [4.78, 5) is 10.6. The molecule has 0 saturated carbocycles. The van der Waals surface area contributed by atoms with Gasteiger partial charge in [0.2, 0.25) is 5.95 Å². The predicted molar refractivity (Wildman–Crippen MR) is 81.5 cm³/mol. The van der Waals surface area contributed by atoms with E-state index in [1.54, 1.807) is 6.26 Å². The number of aromatic nitrogens is 2. The lowest BCUT2D eigenvalue weighted by Crippen LogP contribution is -2.27.